The number of aliphatic imine (C=N–C) groups is 1. The van der Waals surface area contributed by atoms with Crippen LogP contribution in [0.5, 0.6) is 0 Å². The number of aryl methyl sites for hydroxylation is 2. The highest BCUT2D eigenvalue weighted by Crippen LogP contribution is 2.31. The van der Waals surface area contributed by atoms with Crippen molar-refractivity contribution in [3.63, 3.8) is 0 Å². The molecule has 4 nitrogen and oxygen atoms in total. The molecule has 0 amide bonds. The topological polar surface area (TPSA) is 75.1 Å². The molecule has 128 valence electrons. The summed E-state index contributed by atoms with van der Waals surface area (Å²) in [6, 6.07) is 5.76. The van der Waals surface area contributed by atoms with Crippen molar-refractivity contribution in [2.24, 2.45) is 4.99 Å². The summed E-state index contributed by atoms with van der Waals surface area (Å²) in [5, 5.41) is 9.28. The molecule has 0 bridgehead atoms. The Hall–Kier alpha value is -2.79. The number of nitrogen functional groups attached to an aromatic ring is 1. The summed E-state index contributed by atoms with van der Waals surface area (Å²) in [6.45, 7) is 9.45. The molecule has 1 heterocycles. The Labute approximate surface area is 152 Å². The van der Waals surface area contributed by atoms with Gasteiger partial charge in [0, 0.05) is 11.3 Å². The van der Waals surface area contributed by atoms with Crippen molar-refractivity contribution in [1.82, 2.24) is 4.98 Å². The second kappa shape index (κ2) is 8.35. The van der Waals surface area contributed by atoms with Crippen LogP contribution in [0.2, 0.25) is 0 Å². The second-order valence-corrected chi connectivity index (χ2v) is 6.68. The third kappa shape index (κ3) is 4.61. The molecule has 2 rings (SSSR count). The molecular formula is C20H22N4S. The Morgan fingerprint density at radius 3 is 2.64 bits per heavy atom. The lowest BCUT2D eigenvalue weighted by atomic mass is 10.0. The summed E-state index contributed by atoms with van der Waals surface area (Å²) in [5.74, 6) is 0. The van der Waals surface area contributed by atoms with Crippen LogP contribution in [0.25, 0.3) is 10.4 Å². The molecule has 0 unspecified atom stereocenters. The molecule has 3 N–H and O–H groups in total. The van der Waals surface area contributed by atoms with E-state index >= 15 is 0 Å². The number of hydrogen-bond donors (Lipinski definition) is 2. The lowest BCUT2D eigenvalue weighted by Gasteiger charge is -2.07. The second-order valence-electron chi connectivity index (χ2n) is 5.47. The molecule has 0 radical (unpaired) electrons. The molecule has 0 saturated heterocycles. The Balaban J connectivity index is 2.27. The number of anilines is 1. The van der Waals surface area contributed by atoms with Gasteiger partial charge in [0.2, 0.25) is 0 Å². The van der Waals surface area contributed by atoms with E-state index < -0.39 is 0 Å². The van der Waals surface area contributed by atoms with E-state index in [0.29, 0.717) is 22.7 Å². The summed E-state index contributed by atoms with van der Waals surface area (Å²) in [7, 11) is 0. The predicted molar refractivity (Wildman–Crippen MR) is 110 cm³/mol. The van der Waals surface area contributed by atoms with Crippen molar-refractivity contribution in [1.29, 1.82) is 5.41 Å². The Morgan fingerprint density at radius 1 is 1.32 bits per heavy atom. The first kappa shape index (κ1) is 18.5. The van der Waals surface area contributed by atoms with Crippen LogP contribution in [-0.2, 0) is 0 Å². The van der Waals surface area contributed by atoms with Crippen molar-refractivity contribution in [3.8, 4) is 10.4 Å². The van der Waals surface area contributed by atoms with Crippen LogP contribution in [-0.4, -0.2) is 17.4 Å². The molecule has 2 aromatic rings. The van der Waals surface area contributed by atoms with E-state index in [-0.39, 0.29) is 0 Å². The molecule has 1 aromatic heterocycles. The average molecular weight is 350 g/mol. The summed E-state index contributed by atoms with van der Waals surface area (Å²) in [4.78, 5) is 9.49. The third-order valence-corrected chi connectivity index (χ3v) is 4.69. The van der Waals surface area contributed by atoms with E-state index in [1.165, 1.54) is 0 Å². The lowest BCUT2D eigenvalue weighted by Crippen LogP contribution is -2.01. The van der Waals surface area contributed by atoms with Gasteiger partial charge in [-0.15, -0.1) is 11.3 Å². The molecule has 0 saturated carbocycles. The predicted octanol–water partition coefficient (Wildman–Crippen LogP) is 5.09. The standard InChI is InChI=1S/C20H22N4S/c1-5-6-7-16(23-4)9-11-18(21)17-10-8-15(12-19(17)22)20-13(2)24-14(3)25-20/h5-12,21H,4,22H2,1-3H3/b6-5-,11-9+,16-7-,21-18?. The van der Waals surface area contributed by atoms with Gasteiger partial charge in [0.05, 0.1) is 27.0 Å². The number of allylic oxidation sites excluding steroid dienone is 5. The number of nitrogens with one attached hydrogen (secondary N) is 1. The van der Waals surface area contributed by atoms with Crippen molar-refractivity contribution in [2.75, 3.05) is 5.73 Å². The highest BCUT2D eigenvalue weighted by molar-refractivity contribution is 7.15. The zero-order valence-electron chi connectivity index (χ0n) is 14.7. The summed E-state index contributed by atoms with van der Waals surface area (Å²) < 4.78 is 0. The number of benzene rings is 1. The molecule has 0 aliphatic heterocycles. The minimum absolute atomic E-state index is 0.330. The van der Waals surface area contributed by atoms with E-state index in [2.05, 4.69) is 16.7 Å². The van der Waals surface area contributed by atoms with Crippen LogP contribution in [0.1, 0.15) is 23.2 Å². The summed E-state index contributed by atoms with van der Waals surface area (Å²) in [5.41, 5.74) is 10.5. The Morgan fingerprint density at radius 2 is 2.08 bits per heavy atom. The van der Waals surface area contributed by atoms with Crippen molar-refractivity contribution in [2.45, 2.75) is 20.8 Å². The Bertz CT molecular complexity index is 885. The van der Waals surface area contributed by atoms with Crippen molar-refractivity contribution in [3.05, 3.63) is 70.5 Å². The normalized spacial score (nSPS) is 12.2. The minimum atomic E-state index is 0.330. The number of hydrogen-bond acceptors (Lipinski definition) is 5. The highest BCUT2D eigenvalue weighted by atomic mass is 32.1. The number of thiazole rings is 1. The first-order valence-corrected chi connectivity index (χ1v) is 8.68. The summed E-state index contributed by atoms with van der Waals surface area (Å²) in [6.07, 6.45) is 9.04. The minimum Gasteiger partial charge on any atom is -0.398 e. The number of aromatic nitrogens is 1. The van der Waals surface area contributed by atoms with Crippen LogP contribution in [0.3, 0.4) is 0 Å². The van der Waals surface area contributed by atoms with Gasteiger partial charge < -0.3 is 11.1 Å². The quantitative estimate of drug-likeness (QED) is 0.432. The molecule has 0 fully saturated rings. The van der Waals surface area contributed by atoms with Gasteiger partial charge in [0.25, 0.3) is 0 Å². The first-order valence-electron chi connectivity index (χ1n) is 7.87. The van der Waals surface area contributed by atoms with Gasteiger partial charge in [-0.25, -0.2) is 4.98 Å². The van der Waals surface area contributed by atoms with E-state index in [9.17, 15) is 0 Å². The van der Waals surface area contributed by atoms with E-state index in [1.54, 1.807) is 23.5 Å². The molecule has 0 atom stereocenters. The van der Waals surface area contributed by atoms with Gasteiger partial charge in [-0.1, -0.05) is 24.3 Å². The molecular weight excluding hydrogens is 328 g/mol. The maximum Gasteiger partial charge on any atom is 0.0903 e. The third-order valence-electron chi connectivity index (χ3n) is 3.57. The fourth-order valence-corrected chi connectivity index (χ4v) is 3.28. The van der Waals surface area contributed by atoms with Crippen LogP contribution in [0, 0.1) is 19.3 Å². The van der Waals surface area contributed by atoms with Gasteiger partial charge in [0.15, 0.2) is 0 Å². The molecule has 0 spiro atoms. The molecule has 0 aliphatic rings. The summed E-state index contributed by atoms with van der Waals surface area (Å²) >= 11 is 1.65. The van der Waals surface area contributed by atoms with Gasteiger partial charge in [-0.05, 0) is 57.3 Å². The monoisotopic (exact) mass is 350 g/mol. The van der Waals surface area contributed by atoms with Gasteiger partial charge in [0.1, 0.15) is 0 Å². The maximum atomic E-state index is 8.25. The zero-order chi connectivity index (χ0) is 18.4. The highest BCUT2D eigenvalue weighted by Gasteiger charge is 2.10. The van der Waals surface area contributed by atoms with Gasteiger partial charge in [-0.3, -0.25) is 4.99 Å². The molecule has 5 heteroatoms. The smallest absolute Gasteiger partial charge is 0.0903 e. The fourth-order valence-electron chi connectivity index (χ4n) is 2.36. The largest absolute Gasteiger partial charge is 0.398 e. The number of nitrogens with zero attached hydrogens (tertiary/aromatic N) is 2. The van der Waals surface area contributed by atoms with E-state index in [0.717, 1.165) is 21.1 Å². The Kier molecular flexibility index (Phi) is 6.19. The molecule has 25 heavy (non-hydrogen) atoms. The van der Waals surface area contributed by atoms with E-state index in [1.807, 2.05) is 57.2 Å². The fraction of sp³-hybridized carbons (Fsp3) is 0.150. The number of nitrogens with two attached hydrogens (primary N) is 1. The van der Waals surface area contributed by atoms with E-state index in [4.69, 9.17) is 11.1 Å². The van der Waals surface area contributed by atoms with Crippen molar-refractivity contribution < 1.29 is 0 Å². The van der Waals surface area contributed by atoms with Crippen LogP contribution >= 0.6 is 11.3 Å². The lowest BCUT2D eigenvalue weighted by molar-refractivity contribution is 1.20. The zero-order valence-corrected chi connectivity index (χ0v) is 15.5. The van der Waals surface area contributed by atoms with Crippen LogP contribution in [0.15, 0.2) is 59.3 Å². The SMILES string of the molecule is C=NC(=C\C=C/C)/C=C/C(=N)c1ccc(-c2sc(C)nc2C)cc1N. The first-order chi connectivity index (χ1) is 12.0. The molecule has 1 aromatic carbocycles. The van der Waals surface area contributed by atoms with Gasteiger partial charge >= 0.3 is 0 Å². The van der Waals surface area contributed by atoms with Crippen molar-refractivity contribution >= 4 is 29.5 Å². The maximum absolute atomic E-state index is 8.25. The molecule has 0 aliphatic carbocycles. The van der Waals surface area contributed by atoms with Crippen LogP contribution < -0.4 is 5.73 Å². The average Bonchev–Trinajstić information content (AvgIpc) is 2.93. The van der Waals surface area contributed by atoms with Gasteiger partial charge in [-0.2, -0.15) is 0 Å². The number of rotatable bonds is 6. The van der Waals surface area contributed by atoms with Crippen LogP contribution in [0.4, 0.5) is 5.69 Å².